The van der Waals surface area contributed by atoms with Crippen molar-refractivity contribution >= 4 is 27.6 Å². The van der Waals surface area contributed by atoms with Gasteiger partial charge in [-0.05, 0) is 15.9 Å². The summed E-state index contributed by atoms with van der Waals surface area (Å²) in [6.07, 6.45) is 0. The molecule has 0 aliphatic rings. The lowest BCUT2D eigenvalue weighted by Gasteiger charge is -2.09. The lowest BCUT2D eigenvalue weighted by Crippen LogP contribution is -2.04. The number of rotatable bonds is 3. The molecular weight excluding hydrogens is 282 g/mol. The Morgan fingerprint density at radius 2 is 2.12 bits per heavy atom. The van der Waals surface area contributed by atoms with Crippen LogP contribution in [0, 0.1) is 10.1 Å². The SMILES string of the molecule is COc1cc([N+](=O)[O-])cc(Br)c1OC(C)=O. The number of methoxy groups -OCH3 is 1. The molecule has 0 amide bonds. The zero-order chi connectivity index (χ0) is 12.3. The van der Waals surface area contributed by atoms with Gasteiger partial charge in [0, 0.05) is 13.0 Å². The first kappa shape index (κ1) is 12.4. The van der Waals surface area contributed by atoms with Gasteiger partial charge in [0.25, 0.3) is 5.69 Å². The van der Waals surface area contributed by atoms with Crippen LogP contribution in [0.3, 0.4) is 0 Å². The van der Waals surface area contributed by atoms with Crippen LogP contribution in [0.15, 0.2) is 16.6 Å². The summed E-state index contributed by atoms with van der Waals surface area (Å²) in [6.45, 7) is 1.23. The van der Waals surface area contributed by atoms with E-state index in [1.165, 1.54) is 26.2 Å². The second-order valence-corrected chi connectivity index (χ2v) is 3.66. The Balaban J connectivity index is 3.28. The Bertz CT molecular complexity index is 446. The van der Waals surface area contributed by atoms with E-state index in [4.69, 9.17) is 9.47 Å². The van der Waals surface area contributed by atoms with Gasteiger partial charge in [-0.25, -0.2) is 0 Å². The first-order chi connectivity index (χ1) is 7.45. The zero-order valence-electron chi connectivity index (χ0n) is 8.52. The van der Waals surface area contributed by atoms with E-state index in [0.717, 1.165) is 0 Å². The van der Waals surface area contributed by atoms with Crippen LogP contribution in [-0.2, 0) is 4.79 Å². The first-order valence-corrected chi connectivity index (χ1v) is 4.95. The van der Waals surface area contributed by atoms with Gasteiger partial charge in [-0.15, -0.1) is 0 Å². The van der Waals surface area contributed by atoms with Crippen molar-refractivity contribution < 1.29 is 19.2 Å². The molecule has 0 atom stereocenters. The topological polar surface area (TPSA) is 78.7 Å². The number of carbonyl (C=O) groups excluding carboxylic acids is 1. The third-order valence-corrected chi connectivity index (χ3v) is 2.26. The van der Waals surface area contributed by atoms with Gasteiger partial charge in [-0.1, -0.05) is 0 Å². The maximum Gasteiger partial charge on any atom is 0.308 e. The second-order valence-electron chi connectivity index (χ2n) is 2.81. The Morgan fingerprint density at radius 3 is 2.56 bits per heavy atom. The zero-order valence-corrected chi connectivity index (χ0v) is 10.1. The van der Waals surface area contributed by atoms with Crippen LogP contribution in [0.1, 0.15) is 6.92 Å². The van der Waals surface area contributed by atoms with Crippen molar-refractivity contribution in [3.63, 3.8) is 0 Å². The van der Waals surface area contributed by atoms with Gasteiger partial charge in [-0.3, -0.25) is 14.9 Å². The molecule has 0 spiro atoms. The number of hydrogen-bond donors (Lipinski definition) is 0. The normalized spacial score (nSPS) is 9.69. The molecule has 1 aromatic carbocycles. The van der Waals surface area contributed by atoms with E-state index >= 15 is 0 Å². The van der Waals surface area contributed by atoms with Crippen molar-refractivity contribution in [1.29, 1.82) is 0 Å². The number of esters is 1. The van der Waals surface area contributed by atoms with Crippen LogP contribution < -0.4 is 9.47 Å². The molecule has 0 aliphatic carbocycles. The first-order valence-electron chi connectivity index (χ1n) is 4.16. The molecule has 0 radical (unpaired) electrons. The van der Waals surface area contributed by atoms with E-state index in [1.807, 2.05) is 0 Å². The number of halogens is 1. The Labute approximate surface area is 99.4 Å². The van der Waals surface area contributed by atoms with Crippen molar-refractivity contribution in [2.24, 2.45) is 0 Å². The Morgan fingerprint density at radius 1 is 1.50 bits per heavy atom. The minimum atomic E-state index is -0.565. The van der Waals surface area contributed by atoms with Crippen LogP contribution >= 0.6 is 15.9 Å². The molecular formula is C9H8BrNO5. The molecule has 7 heteroatoms. The summed E-state index contributed by atoms with van der Waals surface area (Å²) in [7, 11) is 1.33. The van der Waals surface area contributed by atoms with Gasteiger partial charge in [0.15, 0.2) is 11.5 Å². The fraction of sp³-hybridized carbons (Fsp3) is 0.222. The highest BCUT2D eigenvalue weighted by Crippen LogP contribution is 2.38. The summed E-state index contributed by atoms with van der Waals surface area (Å²) in [5.41, 5.74) is -0.153. The molecule has 16 heavy (non-hydrogen) atoms. The number of carbonyl (C=O) groups is 1. The molecule has 0 aliphatic heterocycles. The Hall–Kier alpha value is -1.63. The molecule has 0 aromatic heterocycles. The molecule has 0 heterocycles. The monoisotopic (exact) mass is 289 g/mol. The van der Waals surface area contributed by atoms with Crippen LogP contribution in [-0.4, -0.2) is 18.0 Å². The molecule has 0 saturated carbocycles. The van der Waals surface area contributed by atoms with Crippen LogP contribution in [0.4, 0.5) is 5.69 Å². The molecule has 6 nitrogen and oxygen atoms in total. The number of nitro groups is 1. The highest BCUT2D eigenvalue weighted by molar-refractivity contribution is 9.10. The van der Waals surface area contributed by atoms with Gasteiger partial charge in [-0.2, -0.15) is 0 Å². The van der Waals surface area contributed by atoms with Crippen LogP contribution in [0.5, 0.6) is 11.5 Å². The molecule has 0 N–H and O–H groups in total. The summed E-state index contributed by atoms with van der Waals surface area (Å²) in [4.78, 5) is 20.8. The van der Waals surface area contributed by atoms with Crippen molar-refractivity contribution in [1.82, 2.24) is 0 Å². The lowest BCUT2D eigenvalue weighted by molar-refractivity contribution is -0.385. The van der Waals surface area contributed by atoms with E-state index in [1.54, 1.807) is 0 Å². The van der Waals surface area contributed by atoms with E-state index in [2.05, 4.69) is 15.9 Å². The molecule has 1 rings (SSSR count). The van der Waals surface area contributed by atoms with Gasteiger partial charge < -0.3 is 9.47 Å². The fourth-order valence-corrected chi connectivity index (χ4v) is 1.57. The average Bonchev–Trinajstić information content (AvgIpc) is 2.19. The maximum absolute atomic E-state index is 10.8. The van der Waals surface area contributed by atoms with Gasteiger partial charge in [0.2, 0.25) is 0 Å². The third kappa shape index (κ3) is 2.69. The standard InChI is InChI=1S/C9H8BrNO5/c1-5(12)16-9-7(10)3-6(11(13)14)4-8(9)15-2/h3-4H,1-2H3. The molecule has 0 bridgehead atoms. The molecule has 1 aromatic rings. The quantitative estimate of drug-likeness (QED) is 0.369. The van der Waals surface area contributed by atoms with E-state index in [0.29, 0.717) is 0 Å². The van der Waals surface area contributed by atoms with Crippen molar-refractivity contribution in [3.8, 4) is 11.5 Å². The number of ether oxygens (including phenoxy) is 2. The smallest absolute Gasteiger partial charge is 0.308 e. The number of benzene rings is 1. The summed E-state index contributed by atoms with van der Waals surface area (Å²) in [5.74, 6) is -0.287. The summed E-state index contributed by atoms with van der Waals surface area (Å²) in [5, 5.41) is 10.6. The third-order valence-electron chi connectivity index (χ3n) is 1.67. The number of non-ortho nitro benzene ring substituents is 1. The predicted octanol–water partition coefficient (Wildman–Crippen LogP) is 2.29. The van der Waals surface area contributed by atoms with Gasteiger partial charge >= 0.3 is 5.97 Å². The van der Waals surface area contributed by atoms with E-state index < -0.39 is 10.9 Å². The molecule has 0 unspecified atom stereocenters. The highest BCUT2D eigenvalue weighted by atomic mass is 79.9. The summed E-state index contributed by atoms with van der Waals surface area (Å²) >= 11 is 3.07. The van der Waals surface area contributed by atoms with Crippen molar-refractivity contribution in [3.05, 3.63) is 26.7 Å². The molecule has 0 fully saturated rings. The highest BCUT2D eigenvalue weighted by Gasteiger charge is 2.18. The van der Waals surface area contributed by atoms with Crippen molar-refractivity contribution in [2.45, 2.75) is 6.92 Å². The number of nitro benzene ring substituents is 1. The molecule has 86 valence electrons. The van der Waals surface area contributed by atoms with Crippen molar-refractivity contribution in [2.75, 3.05) is 7.11 Å². The number of hydrogen-bond acceptors (Lipinski definition) is 5. The predicted molar refractivity (Wildman–Crippen MR) is 58.7 cm³/mol. The largest absolute Gasteiger partial charge is 0.493 e. The van der Waals surface area contributed by atoms with Gasteiger partial charge in [0.1, 0.15) is 0 Å². The summed E-state index contributed by atoms with van der Waals surface area (Å²) < 4.78 is 10.1. The minimum Gasteiger partial charge on any atom is -0.493 e. The minimum absolute atomic E-state index is 0.122. The lowest BCUT2D eigenvalue weighted by atomic mass is 10.3. The fourth-order valence-electron chi connectivity index (χ4n) is 1.05. The maximum atomic E-state index is 10.8. The molecule has 0 saturated heterocycles. The van der Waals surface area contributed by atoms with E-state index in [-0.39, 0.29) is 21.7 Å². The summed E-state index contributed by atoms with van der Waals surface area (Å²) in [6, 6.07) is 2.42. The second kappa shape index (κ2) is 4.93. The van der Waals surface area contributed by atoms with Gasteiger partial charge in [0.05, 0.1) is 22.6 Å². The van der Waals surface area contributed by atoms with Crippen LogP contribution in [0.2, 0.25) is 0 Å². The number of nitrogens with zero attached hydrogens (tertiary/aromatic N) is 1. The van der Waals surface area contributed by atoms with Crippen LogP contribution in [0.25, 0.3) is 0 Å². The Kier molecular flexibility index (Phi) is 3.83. The average molecular weight is 290 g/mol. The van der Waals surface area contributed by atoms with E-state index in [9.17, 15) is 14.9 Å².